The highest BCUT2D eigenvalue weighted by Gasteiger charge is 2.19. The molecule has 1 aliphatic heterocycles. The van der Waals surface area contributed by atoms with Crippen LogP contribution in [0.15, 0.2) is 67.0 Å². The minimum absolute atomic E-state index is 0.507. The molecule has 176 valence electrons. The Labute approximate surface area is 204 Å². The van der Waals surface area contributed by atoms with E-state index in [-0.39, 0.29) is 0 Å². The van der Waals surface area contributed by atoms with Crippen molar-refractivity contribution in [2.75, 3.05) is 25.5 Å². The van der Waals surface area contributed by atoms with Gasteiger partial charge in [-0.3, -0.25) is 10.3 Å². The summed E-state index contributed by atoms with van der Waals surface area (Å²) in [6.07, 6.45) is 5.99. The number of carbonyl (C=O) groups excluding carboxylic acids is 1. The molecule has 0 saturated carbocycles. The molecular formula is C28H27N5O2. The lowest BCUT2D eigenvalue weighted by molar-refractivity contribution is 0.187. The van der Waals surface area contributed by atoms with E-state index in [4.69, 9.17) is 11.6 Å². The summed E-state index contributed by atoms with van der Waals surface area (Å²) in [6, 6.07) is 17.4. The van der Waals surface area contributed by atoms with Gasteiger partial charge in [-0.25, -0.2) is 9.64 Å². The fraction of sp³-hybridized carbons (Fsp3) is 0.250. The second kappa shape index (κ2) is 10.00. The van der Waals surface area contributed by atoms with E-state index in [1.165, 1.54) is 20.0 Å². The molecule has 1 amide bonds. The number of anilines is 1. The van der Waals surface area contributed by atoms with Gasteiger partial charge in [0.1, 0.15) is 0 Å². The molecule has 1 fully saturated rings. The van der Waals surface area contributed by atoms with Gasteiger partial charge in [0.05, 0.1) is 31.1 Å². The van der Waals surface area contributed by atoms with Gasteiger partial charge in [-0.1, -0.05) is 36.4 Å². The molecule has 3 heterocycles. The molecule has 2 aromatic heterocycles. The second-order valence-electron chi connectivity index (χ2n) is 8.79. The summed E-state index contributed by atoms with van der Waals surface area (Å²) < 4.78 is 7.00. The molecule has 7 heteroatoms. The van der Waals surface area contributed by atoms with Crippen LogP contribution >= 0.6 is 0 Å². The number of amides is 1. The Balaban J connectivity index is 1.58. The van der Waals surface area contributed by atoms with Crippen LogP contribution in [0.25, 0.3) is 38.1 Å². The minimum atomic E-state index is -0.507. The Hall–Kier alpha value is -4.15. The van der Waals surface area contributed by atoms with Crippen LogP contribution in [-0.2, 0) is 11.3 Å². The monoisotopic (exact) mass is 465 g/mol. The maximum atomic E-state index is 11.5. The number of fused-ring (bicyclic) bond motifs is 1. The molecule has 2 aromatic carbocycles. The topological polar surface area (TPSA) is 72.5 Å². The number of ether oxygens (including phenoxy) is 1. The SMILES string of the molecule is [C-]#[N+]c1ccc(-c2c(-c3ccc(NC(=O)OC)cc3)ncc3c2ccn3CC2CCNCC2)cc1. The quantitative estimate of drug-likeness (QED) is 0.349. The number of hydrogen-bond acceptors (Lipinski definition) is 4. The Morgan fingerprint density at radius 1 is 1.11 bits per heavy atom. The molecule has 35 heavy (non-hydrogen) atoms. The van der Waals surface area contributed by atoms with Crippen molar-refractivity contribution < 1.29 is 9.53 Å². The fourth-order valence-electron chi connectivity index (χ4n) is 4.75. The number of methoxy groups -OCH3 is 1. The van der Waals surface area contributed by atoms with E-state index in [9.17, 15) is 4.79 Å². The number of piperidine rings is 1. The van der Waals surface area contributed by atoms with Gasteiger partial charge in [-0.05, 0) is 55.6 Å². The summed E-state index contributed by atoms with van der Waals surface area (Å²) in [5.41, 5.74) is 6.23. The van der Waals surface area contributed by atoms with E-state index in [1.54, 1.807) is 0 Å². The maximum absolute atomic E-state index is 11.5. The molecule has 1 saturated heterocycles. The van der Waals surface area contributed by atoms with Crippen LogP contribution in [0.3, 0.4) is 0 Å². The number of hydrogen-bond donors (Lipinski definition) is 2. The first-order chi connectivity index (χ1) is 17.2. The van der Waals surface area contributed by atoms with Crippen molar-refractivity contribution in [1.82, 2.24) is 14.9 Å². The van der Waals surface area contributed by atoms with E-state index in [1.807, 2.05) is 54.7 Å². The number of nitrogens with zero attached hydrogens (tertiary/aromatic N) is 3. The zero-order valence-electron chi connectivity index (χ0n) is 19.6. The number of benzene rings is 2. The summed E-state index contributed by atoms with van der Waals surface area (Å²) in [5, 5.41) is 7.26. The fourth-order valence-corrected chi connectivity index (χ4v) is 4.75. The van der Waals surface area contributed by atoms with Crippen molar-refractivity contribution in [3.8, 4) is 22.4 Å². The van der Waals surface area contributed by atoms with E-state index in [0.29, 0.717) is 17.3 Å². The third-order valence-corrected chi connectivity index (χ3v) is 6.62. The predicted molar refractivity (Wildman–Crippen MR) is 138 cm³/mol. The molecular weight excluding hydrogens is 438 g/mol. The summed E-state index contributed by atoms with van der Waals surface area (Å²) >= 11 is 0. The summed E-state index contributed by atoms with van der Waals surface area (Å²) in [6.45, 7) is 10.4. The van der Waals surface area contributed by atoms with E-state index in [0.717, 1.165) is 52.9 Å². The third kappa shape index (κ3) is 4.75. The number of pyridine rings is 1. The van der Waals surface area contributed by atoms with Gasteiger partial charge >= 0.3 is 6.09 Å². The lowest BCUT2D eigenvalue weighted by Gasteiger charge is -2.23. The van der Waals surface area contributed by atoms with Crippen LogP contribution in [0.5, 0.6) is 0 Å². The Bertz CT molecular complexity index is 1380. The highest BCUT2D eigenvalue weighted by molar-refractivity contribution is 6.02. The Morgan fingerprint density at radius 3 is 2.51 bits per heavy atom. The molecule has 0 unspecified atom stereocenters. The lowest BCUT2D eigenvalue weighted by Crippen LogP contribution is -2.29. The molecule has 0 radical (unpaired) electrons. The summed E-state index contributed by atoms with van der Waals surface area (Å²) in [4.78, 5) is 20.0. The van der Waals surface area contributed by atoms with Crippen molar-refractivity contribution in [3.05, 3.63) is 78.4 Å². The molecule has 0 bridgehead atoms. The van der Waals surface area contributed by atoms with Crippen LogP contribution in [0.1, 0.15) is 12.8 Å². The first-order valence-electron chi connectivity index (χ1n) is 11.8. The molecule has 0 aliphatic carbocycles. The highest BCUT2D eigenvalue weighted by Crippen LogP contribution is 2.38. The normalized spacial score (nSPS) is 13.9. The van der Waals surface area contributed by atoms with E-state index < -0.39 is 6.09 Å². The molecule has 2 N–H and O–H groups in total. The average molecular weight is 466 g/mol. The number of nitrogens with one attached hydrogen (secondary N) is 2. The van der Waals surface area contributed by atoms with Crippen LogP contribution in [0.2, 0.25) is 0 Å². The van der Waals surface area contributed by atoms with Gasteiger partial charge in [-0.15, -0.1) is 0 Å². The zero-order chi connectivity index (χ0) is 24.2. The van der Waals surface area contributed by atoms with Crippen molar-refractivity contribution in [2.24, 2.45) is 5.92 Å². The van der Waals surface area contributed by atoms with Gasteiger partial charge in [0, 0.05) is 34.9 Å². The van der Waals surface area contributed by atoms with E-state index >= 15 is 0 Å². The zero-order valence-corrected chi connectivity index (χ0v) is 19.6. The Morgan fingerprint density at radius 2 is 1.83 bits per heavy atom. The van der Waals surface area contributed by atoms with Crippen LogP contribution in [0, 0.1) is 12.5 Å². The summed E-state index contributed by atoms with van der Waals surface area (Å²) in [7, 11) is 1.34. The van der Waals surface area contributed by atoms with E-state index in [2.05, 4.69) is 37.0 Å². The van der Waals surface area contributed by atoms with Gasteiger partial charge in [0.15, 0.2) is 5.69 Å². The van der Waals surface area contributed by atoms with Crippen molar-refractivity contribution in [3.63, 3.8) is 0 Å². The Kier molecular flexibility index (Phi) is 6.47. The molecule has 5 rings (SSSR count). The second-order valence-corrected chi connectivity index (χ2v) is 8.79. The molecule has 7 nitrogen and oxygen atoms in total. The molecule has 1 aliphatic rings. The van der Waals surface area contributed by atoms with Crippen molar-refractivity contribution in [2.45, 2.75) is 19.4 Å². The molecule has 0 atom stereocenters. The maximum Gasteiger partial charge on any atom is 0.411 e. The first-order valence-corrected chi connectivity index (χ1v) is 11.8. The lowest BCUT2D eigenvalue weighted by atomic mass is 9.95. The van der Waals surface area contributed by atoms with Crippen molar-refractivity contribution in [1.29, 1.82) is 0 Å². The standard InChI is InChI=1S/C28H27N5O2/c1-29-22-7-3-20(4-8-22)26-24-13-16-33(18-19-11-14-30-15-12-19)25(24)17-31-27(26)21-5-9-23(10-6-21)32-28(34)35-2/h3-10,13,16-17,19,30H,11-12,14-15,18H2,2H3,(H,32,34). The number of rotatable bonds is 5. The molecule has 0 spiro atoms. The van der Waals surface area contributed by atoms with Crippen LogP contribution in [0.4, 0.5) is 16.2 Å². The smallest absolute Gasteiger partial charge is 0.411 e. The van der Waals surface area contributed by atoms with Gasteiger partial charge < -0.3 is 14.6 Å². The summed E-state index contributed by atoms with van der Waals surface area (Å²) in [5.74, 6) is 0.655. The predicted octanol–water partition coefficient (Wildman–Crippen LogP) is 6.10. The van der Waals surface area contributed by atoms with Crippen LogP contribution in [-0.4, -0.2) is 35.8 Å². The highest BCUT2D eigenvalue weighted by atomic mass is 16.5. The minimum Gasteiger partial charge on any atom is -0.453 e. The van der Waals surface area contributed by atoms with Crippen molar-refractivity contribution >= 4 is 28.4 Å². The first kappa shape index (κ1) is 22.6. The van der Waals surface area contributed by atoms with Crippen LogP contribution < -0.4 is 10.6 Å². The molecule has 4 aromatic rings. The number of aromatic nitrogens is 2. The number of carbonyl (C=O) groups is 1. The van der Waals surface area contributed by atoms with Gasteiger partial charge in [-0.2, -0.15) is 0 Å². The third-order valence-electron chi connectivity index (χ3n) is 6.62. The largest absolute Gasteiger partial charge is 0.453 e. The average Bonchev–Trinajstić information content (AvgIpc) is 3.32. The van der Waals surface area contributed by atoms with Gasteiger partial charge in [0.25, 0.3) is 0 Å². The van der Waals surface area contributed by atoms with Gasteiger partial charge in [0.2, 0.25) is 0 Å².